The van der Waals surface area contributed by atoms with Crippen LogP contribution in [-0.4, -0.2) is 28.6 Å². The van der Waals surface area contributed by atoms with Crippen LogP contribution in [0.5, 0.6) is 11.5 Å². The third-order valence-corrected chi connectivity index (χ3v) is 6.25. The maximum absolute atomic E-state index is 13.0. The van der Waals surface area contributed by atoms with Crippen LogP contribution in [-0.2, 0) is 11.4 Å². The van der Waals surface area contributed by atoms with E-state index in [2.05, 4.69) is 5.32 Å². The van der Waals surface area contributed by atoms with Crippen LogP contribution in [0.15, 0.2) is 48.2 Å². The van der Waals surface area contributed by atoms with Gasteiger partial charge in [0.15, 0.2) is 16.6 Å². The highest BCUT2D eigenvalue weighted by atomic mass is 35.5. The molecule has 0 spiro atoms. The highest BCUT2D eigenvalue weighted by Gasteiger charge is 2.36. The Kier molecular flexibility index (Phi) is 7.33. The van der Waals surface area contributed by atoms with Crippen molar-refractivity contribution in [1.29, 1.82) is 0 Å². The minimum Gasteiger partial charge on any atom is -0.490 e. The number of rotatable bonds is 7. The first-order chi connectivity index (χ1) is 15.5. The topological polar surface area (TPSA) is 50.8 Å². The molecule has 0 unspecified atom stereocenters. The molecule has 2 aromatic rings. The SMILES string of the molecule is CCOc1cc(/C=C2/NC(=S)N(C3CCCCC3)C2=O)ccc1OCc1cccc(Cl)c1. The Morgan fingerprint density at radius 3 is 2.69 bits per heavy atom. The van der Waals surface area contributed by atoms with Crippen LogP contribution in [0.25, 0.3) is 6.08 Å². The van der Waals surface area contributed by atoms with Crippen LogP contribution in [0.3, 0.4) is 0 Å². The zero-order chi connectivity index (χ0) is 22.5. The van der Waals surface area contributed by atoms with Crippen molar-refractivity contribution in [3.05, 3.63) is 64.3 Å². The van der Waals surface area contributed by atoms with Crippen LogP contribution in [0.4, 0.5) is 0 Å². The summed E-state index contributed by atoms with van der Waals surface area (Å²) < 4.78 is 11.8. The third kappa shape index (κ3) is 5.25. The van der Waals surface area contributed by atoms with Gasteiger partial charge in [-0.05, 0) is 73.5 Å². The number of nitrogens with zero attached hydrogens (tertiary/aromatic N) is 1. The number of carbonyl (C=O) groups is 1. The number of hydrogen-bond acceptors (Lipinski definition) is 4. The summed E-state index contributed by atoms with van der Waals surface area (Å²) in [4.78, 5) is 14.8. The fourth-order valence-electron chi connectivity index (χ4n) is 4.18. The van der Waals surface area contributed by atoms with Gasteiger partial charge < -0.3 is 14.8 Å². The summed E-state index contributed by atoms with van der Waals surface area (Å²) in [5.41, 5.74) is 2.31. The van der Waals surface area contributed by atoms with E-state index in [1.54, 1.807) is 4.90 Å². The molecule has 1 aliphatic carbocycles. The van der Waals surface area contributed by atoms with Crippen molar-refractivity contribution in [3.63, 3.8) is 0 Å². The van der Waals surface area contributed by atoms with Crippen molar-refractivity contribution in [1.82, 2.24) is 10.2 Å². The summed E-state index contributed by atoms with van der Waals surface area (Å²) in [7, 11) is 0. The zero-order valence-electron chi connectivity index (χ0n) is 18.1. The van der Waals surface area contributed by atoms with Crippen molar-refractivity contribution >= 4 is 40.9 Å². The van der Waals surface area contributed by atoms with Crippen LogP contribution in [0.1, 0.15) is 50.2 Å². The Morgan fingerprint density at radius 1 is 1.12 bits per heavy atom. The number of ether oxygens (including phenoxy) is 2. The van der Waals surface area contributed by atoms with E-state index >= 15 is 0 Å². The first kappa shape index (κ1) is 22.6. The lowest BCUT2D eigenvalue weighted by atomic mass is 9.94. The summed E-state index contributed by atoms with van der Waals surface area (Å²) in [6.45, 7) is 2.81. The second-order valence-electron chi connectivity index (χ2n) is 8.01. The van der Waals surface area contributed by atoms with E-state index in [0.717, 1.165) is 36.8 Å². The Hall–Kier alpha value is -2.57. The maximum atomic E-state index is 13.0. The van der Waals surface area contributed by atoms with Gasteiger partial charge in [-0.15, -0.1) is 0 Å². The molecule has 32 heavy (non-hydrogen) atoms. The predicted octanol–water partition coefficient (Wildman–Crippen LogP) is 5.71. The summed E-state index contributed by atoms with van der Waals surface area (Å²) >= 11 is 11.5. The molecule has 1 saturated heterocycles. The Bertz CT molecular complexity index is 1030. The van der Waals surface area contributed by atoms with E-state index in [-0.39, 0.29) is 11.9 Å². The van der Waals surface area contributed by atoms with Crippen LogP contribution in [0, 0.1) is 0 Å². The first-order valence-corrected chi connectivity index (χ1v) is 11.8. The van der Waals surface area contributed by atoms with Crippen LogP contribution in [0.2, 0.25) is 5.02 Å². The van der Waals surface area contributed by atoms with Gasteiger partial charge in [0.05, 0.1) is 6.61 Å². The van der Waals surface area contributed by atoms with Crippen molar-refractivity contribution in [2.24, 2.45) is 0 Å². The molecule has 168 valence electrons. The molecule has 2 aromatic carbocycles. The highest BCUT2D eigenvalue weighted by molar-refractivity contribution is 7.80. The second-order valence-corrected chi connectivity index (χ2v) is 8.84. The Morgan fingerprint density at radius 2 is 1.94 bits per heavy atom. The molecule has 2 fully saturated rings. The van der Waals surface area contributed by atoms with Gasteiger partial charge in [-0.3, -0.25) is 9.69 Å². The van der Waals surface area contributed by atoms with Crippen molar-refractivity contribution in [2.75, 3.05) is 6.61 Å². The summed E-state index contributed by atoms with van der Waals surface area (Å²) in [5, 5.41) is 4.27. The normalized spacial score (nSPS) is 18.2. The quantitative estimate of drug-likeness (QED) is 0.415. The molecular formula is C25H27ClN2O3S. The Balaban J connectivity index is 1.51. The molecule has 1 amide bonds. The Labute approximate surface area is 199 Å². The fraction of sp³-hybridized carbons (Fsp3) is 0.360. The van der Waals surface area contributed by atoms with Gasteiger partial charge in [0, 0.05) is 11.1 Å². The molecule has 7 heteroatoms. The van der Waals surface area contributed by atoms with E-state index in [1.165, 1.54) is 6.42 Å². The van der Waals surface area contributed by atoms with Gasteiger partial charge >= 0.3 is 0 Å². The van der Waals surface area contributed by atoms with Gasteiger partial charge in [-0.2, -0.15) is 0 Å². The minimum atomic E-state index is -0.0545. The van der Waals surface area contributed by atoms with E-state index in [1.807, 2.05) is 55.5 Å². The minimum absolute atomic E-state index is 0.0545. The number of hydrogen-bond donors (Lipinski definition) is 1. The molecule has 5 nitrogen and oxygen atoms in total. The molecular weight excluding hydrogens is 444 g/mol. The van der Waals surface area contributed by atoms with Gasteiger partial charge in [-0.1, -0.05) is 49.1 Å². The number of thiocarbonyl (C=S) groups is 1. The third-order valence-electron chi connectivity index (χ3n) is 5.71. The number of halogens is 1. The number of benzene rings is 2. The fourth-order valence-corrected chi connectivity index (χ4v) is 4.73. The average molecular weight is 471 g/mol. The molecule has 4 rings (SSSR count). The smallest absolute Gasteiger partial charge is 0.276 e. The van der Waals surface area contributed by atoms with Gasteiger partial charge in [0.25, 0.3) is 5.91 Å². The summed E-state index contributed by atoms with van der Waals surface area (Å²) in [5.74, 6) is 1.21. The standard InChI is InChI=1S/C25H27ClN2O3S/c1-2-30-23-15-17(11-12-22(23)31-16-18-7-6-8-19(26)13-18)14-21-24(29)28(25(32)27-21)20-9-4-3-5-10-20/h6-8,11-15,20H,2-5,9-10,16H2,1H3,(H,27,32)/b21-14+. The van der Waals surface area contributed by atoms with Gasteiger partial charge in [0.1, 0.15) is 12.3 Å². The van der Waals surface area contributed by atoms with Crippen molar-refractivity contribution in [2.45, 2.75) is 51.7 Å². The summed E-state index contributed by atoms with van der Waals surface area (Å²) in [6.07, 6.45) is 7.35. The molecule has 0 radical (unpaired) electrons. The number of nitrogens with one attached hydrogen (secondary N) is 1. The van der Waals surface area contributed by atoms with E-state index in [0.29, 0.717) is 40.5 Å². The molecule has 0 atom stereocenters. The van der Waals surface area contributed by atoms with E-state index in [4.69, 9.17) is 33.3 Å². The first-order valence-electron chi connectivity index (χ1n) is 11.1. The van der Waals surface area contributed by atoms with E-state index < -0.39 is 0 Å². The number of amides is 1. The molecule has 1 aliphatic heterocycles. The molecule has 2 aliphatic rings. The van der Waals surface area contributed by atoms with Crippen LogP contribution < -0.4 is 14.8 Å². The predicted molar refractivity (Wildman–Crippen MR) is 131 cm³/mol. The molecule has 0 aromatic heterocycles. The average Bonchev–Trinajstić information content (AvgIpc) is 3.07. The lowest BCUT2D eigenvalue weighted by Crippen LogP contribution is -2.41. The van der Waals surface area contributed by atoms with Gasteiger partial charge in [-0.25, -0.2) is 0 Å². The molecule has 1 N–H and O–H groups in total. The van der Waals surface area contributed by atoms with Crippen molar-refractivity contribution in [3.8, 4) is 11.5 Å². The summed E-state index contributed by atoms with van der Waals surface area (Å²) in [6, 6.07) is 13.4. The van der Waals surface area contributed by atoms with Gasteiger partial charge in [0.2, 0.25) is 0 Å². The molecule has 1 heterocycles. The zero-order valence-corrected chi connectivity index (χ0v) is 19.7. The maximum Gasteiger partial charge on any atom is 0.276 e. The van der Waals surface area contributed by atoms with Crippen molar-refractivity contribution < 1.29 is 14.3 Å². The van der Waals surface area contributed by atoms with Crippen LogP contribution >= 0.6 is 23.8 Å². The largest absolute Gasteiger partial charge is 0.490 e. The molecule has 1 saturated carbocycles. The number of carbonyl (C=O) groups excluding carboxylic acids is 1. The van der Waals surface area contributed by atoms with E-state index in [9.17, 15) is 4.79 Å². The monoisotopic (exact) mass is 470 g/mol. The highest BCUT2D eigenvalue weighted by Crippen LogP contribution is 2.31. The second kappa shape index (κ2) is 10.4. The molecule has 0 bridgehead atoms. The lowest BCUT2D eigenvalue weighted by Gasteiger charge is -2.29. The lowest BCUT2D eigenvalue weighted by molar-refractivity contribution is -0.124.